The van der Waals surface area contributed by atoms with Crippen molar-refractivity contribution in [2.75, 3.05) is 5.32 Å². The van der Waals surface area contributed by atoms with E-state index >= 15 is 0 Å². The van der Waals surface area contributed by atoms with Crippen LogP contribution in [0.25, 0.3) is 0 Å². The number of amides is 1. The van der Waals surface area contributed by atoms with Crippen molar-refractivity contribution >= 4 is 34.9 Å². The molecule has 0 heterocycles. The van der Waals surface area contributed by atoms with Gasteiger partial charge in [-0.15, -0.1) is 0 Å². The number of halogens is 1. The molecule has 0 saturated heterocycles. The zero-order chi connectivity index (χ0) is 18.6. The smallest absolute Gasteiger partial charge is 0.338 e. The number of hydrogen-bond acceptors (Lipinski definition) is 6. The number of rotatable bonds is 5. The fourth-order valence-corrected chi connectivity index (χ4v) is 2.05. The number of nitrogens with one attached hydrogen (secondary N) is 1. The summed E-state index contributed by atoms with van der Waals surface area (Å²) in [4.78, 5) is 34.1. The van der Waals surface area contributed by atoms with Gasteiger partial charge in [-0.3, -0.25) is 14.9 Å². The average molecular weight is 365 g/mol. The second-order valence-corrected chi connectivity index (χ2v) is 5.41. The minimum atomic E-state index is -1.13. The van der Waals surface area contributed by atoms with Crippen LogP contribution >= 0.6 is 11.6 Å². The van der Waals surface area contributed by atoms with Crippen molar-refractivity contribution in [2.45, 2.75) is 13.0 Å². The summed E-state index contributed by atoms with van der Waals surface area (Å²) in [6, 6.07) is 8.92. The van der Waals surface area contributed by atoms with E-state index in [4.69, 9.17) is 16.3 Å². The summed E-state index contributed by atoms with van der Waals surface area (Å²) in [5.41, 5.74) is 0.116. The first-order chi connectivity index (χ1) is 11.8. The molecule has 0 spiro atoms. The molecular formula is C16H13ClN2O6. The number of phenolic OH excluding ortho intramolecular Hbond substituents is 1. The Bertz CT molecular complexity index is 822. The van der Waals surface area contributed by atoms with Crippen LogP contribution in [0, 0.1) is 10.1 Å². The van der Waals surface area contributed by atoms with Gasteiger partial charge in [-0.2, -0.15) is 0 Å². The quantitative estimate of drug-likeness (QED) is 0.478. The summed E-state index contributed by atoms with van der Waals surface area (Å²) in [6.45, 7) is 1.37. The van der Waals surface area contributed by atoms with Crippen molar-refractivity contribution in [3.8, 4) is 5.75 Å². The van der Waals surface area contributed by atoms with Gasteiger partial charge >= 0.3 is 5.97 Å². The molecule has 9 heteroatoms. The van der Waals surface area contributed by atoms with Gasteiger partial charge in [-0.05, 0) is 37.3 Å². The van der Waals surface area contributed by atoms with E-state index in [1.165, 1.54) is 43.3 Å². The Kier molecular flexibility index (Phi) is 5.56. The largest absolute Gasteiger partial charge is 0.508 e. The maximum absolute atomic E-state index is 12.1. The number of nitro groups is 1. The number of hydrogen-bond donors (Lipinski definition) is 2. The Labute approximate surface area is 147 Å². The number of nitrogens with zero attached hydrogens (tertiary/aromatic N) is 1. The molecule has 8 nitrogen and oxygen atoms in total. The van der Waals surface area contributed by atoms with Crippen molar-refractivity contribution < 1.29 is 24.4 Å². The van der Waals surface area contributed by atoms with E-state index in [0.29, 0.717) is 0 Å². The predicted molar refractivity (Wildman–Crippen MR) is 89.7 cm³/mol. The van der Waals surface area contributed by atoms with Gasteiger partial charge in [0.25, 0.3) is 11.6 Å². The van der Waals surface area contributed by atoms with E-state index in [0.717, 1.165) is 6.07 Å². The van der Waals surface area contributed by atoms with Gasteiger partial charge in [-0.1, -0.05) is 11.6 Å². The molecule has 25 heavy (non-hydrogen) atoms. The summed E-state index contributed by atoms with van der Waals surface area (Å²) < 4.78 is 5.03. The SMILES string of the molecule is C[C@H](OC(=O)c1ccc(O)cc1)C(=O)Nc1ccc([N+](=O)[O-])cc1Cl. The monoisotopic (exact) mass is 364 g/mol. The highest BCUT2D eigenvalue weighted by Gasteiger charge is 2.20. The maximum Gasteiger partial charge on any atom is 0.338 e. The Balaban J connectivity index is 2.01. The lowest BCUT2D eigenvalue weighted by atomic mass is 10.2. The van der Waals surface area contributed by atoms with Gasteiger partial charge < -0.3 is 15.2 Å². The van der Waals surface area contributed by atoms with Gasteiger partial charge in [0.1, 0.15) is 5.75 Å². The van der Waals surface area contributed by atoms with Crippen molar-refractivity contribution in [3.63, 3.8) is 0 Å². The first-order valence-corrected chi connectivity index (χ1v) is 7.40. The molecule has 1 amide bonds. The zero-order valence-corrected chi connectivity index (χ0v) is 13.7. The molecule has 0 saturated carbocycles. The normalized spacial score (nSPS) is 11.4. The fourth-order valence-electron chi connectivity index (χ4n) is 1.83. The number of carbonyl (C=O) groups is 2. The van der Waals surface area contributed by atoms with Crippen LogP contribution in [0.2, 0.25) is 5.02 Å². The maximum atomic E-state index is 12.1. The van der Waals surface area contributed by atoms with Crippen LogP contribution in [0.15, 0.2) is 42.5 Å². The molecule has 0 unspecified atom stereocenters. The van der Waals surface area contributed by atoms with Crippen molar-refractivity contribution in [2.24, 2.45) is 0 Å². The van der Waals surface area contributed by atoms with Crippen LogP contribution in [-0.2, 0) is 9.53 Å². The highest BCUT2D eigenvalue weighted by molar-refractivity contribution is 6.34. The third kappa shape index (κ3) is 4.67. The van der Waals surface area contributed by atoms with Crippen LogP contribution in [0.5, 0.6) is 5.75 Å². The van der Waals surface area contributed by atoms with Crippen LogP contribution < -0.4 is 5.32 Å². The van der Waals surface area contributed by atoms with Gasteiger partial charge in [-0.25, -0.2) is 4.79 Å². The minimum Gasteiger partial charge on any atom is -0.508 e. The molecule has 2 aromatic carbocycles. The number of anilines is 1. The summed E-state index contributed by atoms with van der Waals surface area (Å²) in [6.07, 6.45) is -1.13. The summed E-state index contributed by atoms with van der Waals surface area (Å²) in [7, 11) is 0. The van der Waals surface area contributed by atoms with Gasteiger partial charge in [0.15, 0.2) is 6.10 Å². The number of esters is 1. The molecule has 0 fully saturated rings. The molecule has 1 atom stereocenters. The molecule has 2 aromatic rings. The van der Waals surface area contributed by atoms with Crippen molar-refractivity contribution in [3.05, 3.63) is 63.2 Å². The van der Waals surface area contributed by atoms with E-state index in [-0.39, 0.29) is 27.7 Å². The molecule has 0 bridgehead atoms. The Hall–Kier alpha value is -3.13. The van der Waals surface area contributed by atoms with Gasteiger partial charge in [0.2, 0.25) is 0 Å². The zero-order valence-electron chi connectivity index (χ0n) is 12.9. The number of non-ortho nitro benzene ring substituents is 1. The Morgan fingerprint density at radius 2 is 1.88 bits per heavy atom. The minimum absolute atomic E-state index is 0.00449. The second kappa shape index (κ2) is 7.63. The van der Waals surface area contributed by atoms with E-state index in [2.05, 4.69) is 5.32 Å². The first kappa shape index (κ1) is 18.2. The van der Waals surface area contributed by atoms with E-state index in [1.807, 2.05) is 0 Å². The van der Waals surface area contributed by atoms with Gasteiger partial charge in [0.05, 0.1) is 21.2 Å². The van der Waals surface area contributed by atoms with E-state index in [1.54, 1.807) is 0 Å². The highest BCUT2D eigenvalue weighted by Crippen LogP contribution is 2.26. The third-order valence-corrected chi connectivity index (χ3v) is 3.49. The molecule has 0 radical (unpaired) electrons. The molecule has 0 aliphatic rings. The molecule has 130 valence electrons. The van der Waals surface area contributed by atoms with Crippen LogP contribution in [0.4, 0.5) is 11.4 Å². The predicted octanol–water partition coefficient (Wildman–Crippen LogP) is 3.14. The topological polar surface area (TPSA) is 119 Å². The van der Waals surface area contributed by atoms with E-state index < -0.39 is 22.9 Å². The van der Waals surface area contributed by atoms with Crippen molar-refractivity contribution in [1.29, 1.82) is 0 Å². The number of aromatic hydroxyl groups is 1. The number of nitro benzene ring substituents is 1. The lowest BCUT2D eigenvalue weighted by Crippen LogP contribution is -2.30. The molecule has 2 N–H and O–H groups in total. The average Bonchev–Trinajstić information content (AvgIpc) is 2.56. The third-order valence-electron chi connectivity index (χ3n) is 3.18. The van der Waals surface area contributed by atoms with Crippen LogP contribution in [0.1, 0.15) is 17.3 Å². The molecule has 0 aliphatic heterocycles. The molecular weight excluding hydrogens is 352 g/mol. The highest BCUT2D eigenvalue weighted by atomic mass is 35.5. The lowest BCUT2D eigenvalue weighted by molar-refractivity contribution is -0.384. The first-order valence-electron chi connectivity index (χ1n) is 7.02. The molecule has 0 aromatic heterocycles. The van der Waals surface area contributed by atoms with Crippen LogP contribution in [-0.4, -0.2) is 28.0 Å². The fraction of sp³-hybridized carbons (Fsp3) is 0.125. The number of benzene rings is 2. The van der Waals surface area contributed by atoms with Crippen LogP contribution in [0.3, 0.4) is 0 Å². The molecule has 0 aliphatic carbocycles. The summed E-state index contributed by atoms with van der Waals surface area (Å²) in [5, 5.41) is 22.3. The number of ether oxygens (including phenoxy) is 1. The Morgan fingerprint density at radius 3 is 2.44 bits per heavy atom. The Morgan fingerprint density at radius 1 is 1.24 bits per heavy atom. The standard InChI is InChI=1S/C16H13ClN2O6/c1-9(25-16(22)10-2-5-12(20)6-3-10)15(21)18-14-7-4-11(19(23)24)8-13(14)17/h2-9,20H,1H3,(H,18,21)/t9-/m0/s1. The second-order valence-electron chi connectivity index (χ2n) is 5.00. The van der Waals surface area contributed by atoms with E-state index in [9.17, 15) is 24.8 Å². The van der Waals surface area contributed by atoms with Crippen molar-refractivity contribution in [1.82, 2.24) is 0 Å². The van der Waals surface area contributed by atoms with Gasteiger partial charge in [0, 0.05) is 12.1 Å². The lowest BCUT2D eigenvalue weighted by Gasteiger charge is -2.14. The summed E-state index contributed by atoms with van der Waals surface area (Å²) >= 11 is 5.89. The number of carbonyl (C=O) groups excluding carboxylic acids is 2. The molecule has 2 rings (SSSR count). The summed E-state index contributed by atoms with van der Waals surface area (Å²) in [5.74, 6) is -1.39. The number of phenols is 1.